The van der Waals surface area contributed by atoms with Gasteiger partial charge in [-0.25, -0.2) is 4.79 Å². The van der Waals surface area contributed by atoms with Crippen LogP contribution in [0.15, 0.2) is 30.3 Å². The number of carboxylic acids is 1. The predicted molar refractivity (Wildman–Crippen MR) is 54.5 cm³/mol. The maximum absolute atomic E-state index is 11.4. The minimum atomic E-state index is -1.45. The number of carbonyl (C=O) groups excluding carboxylic acids is 1. The average Bonchev–Trinajstić information content (AvgIpc) is 2.77. The van der Waals surface area contributed by atoms with Crippen molar-refractivity contribution < 1.29 is 19.4 Å². The summed E-state index contributed by atoms with van der Waals surface area (Å²) < 4.78 is 5.14. The van der Waals surface area contributed by atoms with Crippen LogP contribution in [0.3, 0.4) is 0 Å². The maximum atomic E-state index is 11.4. The van der Waals surface area contributed by atoms with E-state index < -0.39 is 11.9 Å². The van der Waals surface area contributed by atoms with Gasteiger partial charge in [0.2, 0.25) is 0 Å². The molecule has 2 rings (SSSR count). The van der Waals surface area contributed by atoms with Crippen LogP contribution in [-0.4, -0.2) is 35.2 Å². The molecule has 1 N–H and O–H groups in total. The Balaban J connectivity index is 2.22. The van der Waals surface area contributed by atoms with Crippen LogP contribution >= 0.6 is 0 Å². The number of aliphatic carboxylic acids is 1. The van der Waals surface area contributed by atoms with Crippen molar-refractivity contribution in [2.45, 2.75) is 6.04 Å². The molecular weight excluding hydrogens is 210 g/mol. The molecule has 1 saturated heterocycles. The molecule has 5 heteroatoms. The van der Waals surface area contributed by atoms with E-state index in [0.717, 1.165) is 5.56 Å². The minimum Gasteiger partial charge on any atom is -0.474 e. The Morgan fingerprint density at radius 3 is 2.62 bits per heavy atom. The minimum absolute atomic E-state index is 0.0324. The molecule has 1 unspecified atom stereocenters. The van der Waals surface area contributed by atoms with E-state index in [-0.39, 0.29) is 12.8 Å². The van der Waals surface area contributed by atoms with Gasteiger partial charge in [-0.15, -0.1) is 0 Å². The number of carboxylic acid groups (broad SMARTS) is 1. The number of benzene rings is 1. The number of carbonyl (C=O) groups is 2. The highest BCUT2D eigenvalue weighted by molar-refractivity contribution is 6.31. The first-order valence-corrected chi connectivity index (χ1v) is 4.86. The summed E-state index contributed by atoms with van der Waals surface area (Å²) in [5.41, 5.74) is 0.884. The van der Waals surface area contributed by atoms with E-state index in [4.69, 9.17) is 9.84 Å². The molecule has 5 nitrogen and oxygen atoms in total. The molecule has 1 amide bonds. The van der Waals surface area contributed by atoms with Gasteiger partial charge in [0.25, 0.3) is 0 Å². The van der Waals surface area contributed by atoms with Gasteiger partial charge in [0.1, 0.15) is 6.73 Å². The first kappa shape index (κ1) is 10.6. The molecule has 0 aromatic heterocycles. The third-order valence-corrected chi connectivity index (χ3v) is 2.51. The molecule has 1 aromatic rings. The number of hydrogen-bond acceptors (Lipinski definition) is 3. The van der Waals surface area contributed by atoms with Crippen molar-refractivity contribution in [2.24, 2.45) is 0 Å². The summed E-state index contributed by atoms with van der Waals surface area (Å²) in [6.07, 6.45) is 0. The molecule has 1 aliphatic heterocycles. The van der Waals surface area contributed by atoms with Gasteiger partial charge in [-0.05, 0) is 5.56 Å². The lowest BCUT2D eigenvalue weighted by Gasteiger charge is -2.20. The Morgan fingerprint density at radius 2 is 2.00 bits per heavy atom. The van der Waals surface area contributed by atoms with Crippen molar-refractivity contribution in [3.05, 3.63) is 35.9 Å². The van der Waals surface area contributed by atoms with Crippen molar-refractivity contribution in [2.75, 3.05) is 13.3 Å². The van der Waals surface area contributed by atoms with Gasteiger partial charge in [0.15, 0.2) is 0 Å². The highest BCUT2D eigenvalue weighted by Crippen LogP contribution is 2.25. The second-order valence-electron chi connectivity index (χ2n) is 3.51. The van der Waals surface area contributed by atoms with E-state index in [9.17, 15) is 9.59 Å². The summed E-state index contributed by atoms with van der Waals surface area (Å²) in [5.74, 6) is -2.38. The van der Waals surface area contributed by atoms with E-state index in [1.807, 2.05) is 30.3 Å². The zero-order chi connectivity index (χ0) is 11.5. The van der Waals surface area contributed by atoms with Crippen molar-refractivity contribution >= 4 is 11.9 Å². The van der Waals surface area contributed by atoms with Gasteiger partial charge < -0.3 is 14.7 Å². The van der Waals surface area contributed by atoms with E-state index in [2.05, 4.69) is 0 Å². The SMILES string of the molecule is O=C(O)C(=O)N1COCC1c1ccccc1. The van der Waals surface area contributed by atoms with Gasteiger partial charge in [-0.2, -0.15) is 0 Å². The molecule has 84 valence electrons. The molecule has 16 heavy (non-hydrogen) atoms. The largest absolute Gasteiger partial charge is 0.474 e. The molecule has 1 aromatic carbocycles. The highest BCUT2D eigenvalue weighted by atomic mass is 16.5. The van der Waals surface area contributed by atoms with Crippen LogP contribution < -0.4 is 0 Å². The number of amides is 1. The smallest absolute Gasteiger partial charge is 0.394 e. The molecule has 0 spiro atoms. The first-order valence-electron chi connectivity index (χ1n) is 4.86. The molecule has 0 radical (unpaired) electrons. The van der Waals surface area contributed by atoms with Crippen molar-refractivity contribution in [3.8, 4) is 0 Å². The highest BCUT2D eigenvalue weighted by Gasteiger charge is 2.33. The molecule has 1 heterocycles. The summed E-state index contributed by atoms with van der Waals surface area (Å²) in [5, 5.41) is 8.66. The van der Waals surface area contributed by atoms with Gasteiger partial charge >= 0.3 is 11.9 Å². The average molecular weight is 221 g/mol. The number of hydrogen-bond donors (Lipinski definition) is 1. The zero-order valence-electron chi connectivity index (χ0n) is 8.50. The molecule has 1 atom stereocenters. The van der Waals surface area contributed by atoms with E-state index in [1.165, 1.54) is 4.90 Å². The fourth-order valence-corrected chi connectivity index (χ4v) is 1.72. The summed E-state index contributed by atoms with van der Waals surface area (Å²) in [7, 11) is 0. The molecular formula is C11H11NO4. The van der Waals surface area contributed by atoms with Gasteiger partial charge in [-0.1, -0.05) is 30.3 Å². The molecule has 1 fully saturated rings. The van der Waals surface area contributed by atoms with E-state index in [0.29, 0.717) is 6.61 Å². The quantitative estimate of drug-likeness (QED) is 0.706. The third kappa shape index (κ3) is 1.90. The standard InChI is InChI=1S/C11H11NO4/c13-10(11(14)15)12-7-16-6-9(12)8-4-2-1-3-5-8/h1-5,9H,6-7H2,(H,14,15). The predicted octanol–water partition coefficient (Wildman–Crippen LogP) is 0.629. The van der Waals surface area contributed by atoms with Crippen LogP contribution in [0.2, 0.25) is 0 Å². The van der Waals surface area contributed by atoms with E-state index >= 15 is 0 Å². The van der Waals surface area contributed by atoms with Crippen LogP contribution in [0.25, 0.3) is 0 Å². The second kappa shape index (κ2) is 4.32. The maximum Gasteiger partial charge on any atom is 0.394 e. The lowest BCUT2D eigenvalue weighted by atomic mass is 10.1. The van der Waals surface area contributed by atoms with Crippen LogP contribution in [0.4, 0.5) is 0 Å². The van der Waals surface area contributed by atoms with Crippen LogP contribution in [0, 0.1) is 0 Å². The Labute approximate surface area is 92.2 Å². The lowest BCUT2D eigenvalue weighted by molar-refractivity contribution is -0.157. The summed E-state index contributed by atoms with van der Waals surface area (Å²) >= 11 is 0. The van der Waals surface area contributed by atoms with Crippen LogP contribution in [0.1, 0.15) is 11.6 Å². The molecule has 0 bridgehead atoms. The first-order chi connectivity index (χ1) is 7.70. The summed E-state index contributed by atoms with van der Waals surface area (Å²) in [4.78, 5) is 23.2. The van der Waals surface area contributed by atoms with Crippen LogP contribution in [0.5, 0.6) is 0 Å². The zero-order valence-corrected chi connectivity index (χ0v) is 8.50. The lowest BCUT2D eigenvalue weighted by Crippen LogP contribution is -2.36. The molecule has 1 aliphatic rings. The Hall–Kier alpha value is -1.88. The molecule has 0 saturated carbocycles. The van der Waals surface area contributed by atoms with Gasteiger partial charge in [-0.3, -0.25) is 4.79 Å². The number of nitrogens with zero attached hydrogens (tertiary/aromatic N) is 1. The van der Waals surface area contributed by atoms with Crippen molar-refractivity contribution in [3.63, 3.8) is 0 Å². The monoisotopic (exact) mass is 221 g/mol. The van der Waals surface area contributed by atoms with Crippen LogP contribution in [-0.2, 0) is 14.3 Å². The fraction of sp³-hybridized carbons (Fsp3) is 0.273. The number of ether oxygens (including phenoxy) is 1. The Kier molecular flexibility index (Phi) is 2.87. The third-order valence-electron chi connectivity index (χ3n) is 2.51. The summed E-state index contributed by atoms with van der Waals surface area (Å²) in [6.45, 7) is 0.369. The Bertz CT molecular complexity index is 404. The normalized spacial score (nSPS) is 19.8. The number of rotatable bonds is 1. The van der Waals surface area contributed by atoms with Crippen molar-refractivity contribution in [1.82, 2.24) is 4.90 Å². The van der Waals surface area contributed by atoms with Gasteiger partial charge in [0, 0.05) is 0 Å². The summed E-state index contributed by atoms with van der Waals surface area (Å²) in [6, 6.07) is 8.95. The fourth-order valence-electron chi connectivity index (χ4n) is 1.72. The van der Waals surface area contributed by atoms with E-state index in [1.54, 1.807) is 0 Å². The van der Waals surface area contributed by atoms with Crippen molar-refractivity contribution in [1.29, 1.82) is 0 Å². The second-order valence-corrected chi connectivity index (χ2v) is 3.51. The molecule has 0 aliphatic carbocycles. The van der Waals surface area contributed by atoms with Gasteiger partial charge in [0.05, 0.1) is 12.6 Å². The Morgan fingerprint density at radius 1 is 1.31 bits per heavy atom. The topological polar surface area (TPSA) is 66.8 Å².